The van der Waals surface area contributed by atoms with E-state index >= 15 is 0 Å². The van der Waals surface area contributed by atoms with E-state index in [0.717, 1.165) is 5.69 Å². The lowest BCUT2D eigenvalue weighted by Crippen LogP contribution is -2.14. The van der Waals surface area contributed by atoms with Gasteiger partial charge in [0.25, 0.3) is 0 Å². The molecule has 0 atom stereocenters. The zero-order valence-corrected chi connectivity index (χ0v) is 15.4. The Hall–Kier alpha value is -2.09. The molecule has 3 rings (SSSR count). The number of halogens is 2. The average molecular weight is 394 g/mol. The first-order valence-electron chi connectivity index (χ1n) is 7.23. The molecule has 0 aliphatic rings. The van der Waals surface area contributed by atoms with Gasteiger partial charge in [-0.25, -0.2) is 0 Å². The third-order valence-electron chi connectivity index (χ3n) is 3.26. The van der Waals surface area contributed by atoms with Crippen molar-refractivity contribution in [3.05, 3.63) is 52.6 Å². The number of carbonyl (C=O) groups is 1. The summed E-state index contributed by atoms with van der Waals surface area (Å²) in [6.45, 7) is 0. The van der Waals surface area contributed by atoms with Crippen LogP contribution >= 0.6 is 35.0 Å². The molecular weight excluding hydrogens is 381 g/mol. The SMILES string of the molecule is Cn1c(SCC(=O)Nc2cc(Cl)ccc2Cl)nnc1-c1ccccn1. The summed E-state index contributed by atoms with van der Waals surface area (Å²) < 4.78 is 1.80. The van der Waals surface area contributed by atoms with Gasteiger partial charge in [0.15, 0.2) is 11.0 Å². The molecule has 128 valence electrons. The summed E-state index contributed by atoms with van der Waals surface area (Å²) in [6, 6.07) is 10.5. The number of pyridine rings is 1. The summed E-state index contributed by atoms with van der Waals surface area (Å²) in [4.78, 5) is 16.4. The Morgan fingerprint density at radius 2 is 2.08 bits per heavy atom. The second kappa shape index (κ2) is 7.86. The lowest BCUT2D eigenvalue weighted by Gasteiger charge is -2.07. The minimum Gasteiger partial charge on any atom is -0.324 e. The molecule has 0 fully saturated rings. The van der Waals surface area contributed by atoms with Gasteiger partial charge < -0.3 is 9.88 Å². The number of thioether (sulfide) groups is 1. The van der Waals surface area contributed by atoms with Gasteiger partial charge in [0, 0.05) is 18.3 Å². The Bertz CT molecular complexity index is 901. The standard InChI is InChI=1S/C16H13Cl2N5OS/c1-23-15(12-4-2-3-7-19-12)21-22-16(23)25-9-14(24)20-13-8-10(17)5-6-11(13)18/h2-8H,9H2,1H3,(H,20,24). The molecule has 0 aliphatic carbocycles. The van der Waals surface area contributed by atoms with Crippen molar-refractivity contribution < 1.29 is 4.79 Å². The number of carbonyl (C=O) groups excluding carboxylic acids is 1. The van der Waals surface area contributed by atoms with Crippen LogP contribution in [-0.4, -0.2) is 31.4 Å². The van der Waals surface area contributed by atoms with E-state index in [1.54, 1.807) is 29.0 Å². The van der Waals surface area contributed by atoms with Crippen molar-refractivity contribution in [2.45, 2.75) is 5.16 Å². The summed E-state index contributed by atoms with van der Waals surface area (Å²) in [6.07, 6.45) is 1.69. The van der Waals surface area contributed by atoms with Crippen molar-refractivity contribution >= 4 is 46.6 Å². The first-order chi connectivity index (χ1) is 12.0. The van der Waals surface area contributed by atoms with E-state index < -0.39 is 0 Å². The molecule has 0 unspecified atom stereocenters. The van der Waals surface area contributed by atoms with Gasteiger partial charge >= 0.3 is 0 Å². The van der Waals surface area contributed by atoms with Crippen LogP contribution in [0.2, 0.25) is 10.0 Å². The van der Waals surface area contributed by atoms with E-state index in [1.807, 2.05) is 25.2 Å². The van der Waals surface area contributed by atoms with Crippen LogP contribution in [0.25, 0.3) is 11.5 Å². The highest BCUT2D eigenvalue weighted by atomic mass is 35.5. The van der Waals surface area contributed by atoms with Crippen molar-refractivity contribution in [2.24, 2.45) is 7.05 Å². The molecule has 1 amide bonds. The molecule has 0 saturated carbocycles. The van der Waals surface area contributed by atoms with Crippen LogP contribution in [0.3, 0.4) is 0 Å². The molecule has 1 aromatic carbocycles. The fourth-order valence-corrected chi connectivity index (χ4v) is 3.12. The third kappa shape index (κ3) is 4.31. The monoisotopic (exact) mass is 393 g/mol. The Labute approximate surface area is 158 Å². The molecule has 2 heterocycles. The van der Waals surface area contributed by atoms with Crippen LogP contribution in [0.15, 0.2) is 47.8 Å². The molecule has 6 nitrogen and oxygen atoms in total. The molecule has 2 aromatic heterocycles. The number of nitrogens with zero attached hydrogens (tertiary/aromatic N) is 4. The number of aromatic nitrogens is 4. The van der Waals surface area contributed by atoms with Gasteiger partial charge in [-0.05, 0) is 30.3 Å². The fourth-order valence-electron chi connectivity index (χ4n) is 2.07. The van der Waals surface area contributed by atoms with Crippen molar-refractivity contribution in [1.29, 1.82) is 0 Å². The Kier molecular flexibility index (Phi) is 5.57. The van der Waals surface area contributed by atoms with Crippen LogP contribution in [-0.2, 0) is 11.8 Å². The Morgan fingerprint density at radius 3 is 2.84 bits per heavy atom. The van der Waals surface area contributed by atoms with E-state index in [1.165, 1.54) is 11.8 Å². The molecule has 0 spiro atoms. The Balaban J connectivity index is 1.65. The van der Waals surface area contributed by atoms with Gasteiger partial charge in [0.05, 0.1) is 16.5 Å². The van der Waals surface area contributed by atoms with Gasteiger partial charge in [0.1, 0.15) is 5.69 Å². The topological polar surface area (TPSA) is 72.7 Å². The van der Waals surface area contributed by atoms with E-state index in [9.17, 15) is 4.79 Å². The number of benzene rings is 1. The molecule has 1 N–H and O–H groups in total. The van der Waals surface area contributed by atoms with E-state index in [2.05, 4.69) is 20.5 Å². The lowest BCUT2D eigenvalue weighted by atomic mass is 10.3. The van der Waals surface area contributed by atoms with E-state index in [4.69, 9.17) is 23.2 Å². The number of hydrogen-bond donors (Lipinski definition) is 1. The number of amides is 1. The van der Waals surface area contributed by atoms with Gasteiger partial charge in [0.2, 0.25) is 5.91 Å². The van der Waals surface area contributed by atoms with Crippen LogP contribution in [0, 0.1) is 0 Å². The van der Waals surface area contributed by atoms with Crippen molar-refractivity contribution in [2.75, 3.05) is 11.1 Å². The molecule has 9 heteroatoms. The molecular formula is C16H13Cl2N5OS. The maximum Gasteiger partial charge on any atom is 0.234 e. The van der Waals surface area contributed by atoms with Crippen LogP contribution in [0.1, 0.15) is 0 Å². The summed E-state index contributed by atoms with van der Waals surface area (Å²) in [5.74, 6) is 0.592. The second-order valence-electron chi connectivity index (χ2n) is 5.04. The quantitative estimate of drug-likeness (QED) is 0.665. The van der Waals surface area contributed by atoms with Crippen molar-refractivity contribution in [3.8, 4) is 11.5 Å². The predicted molar refractivity (Wildman–Crippen MR) is 100 cm³/mol. The van der Waals surface area contributed by atoms with Crippen LogP contribution < -0.4 is 5.32 Å². The minimum atomic E-state index is -0.212. The Morgan fingerprint density at radius 1 is 1.24 bits per heavy atom. The number of hydrogen-bond acceptors (Lipinski definition) is 5. The number of nitrogens with one attached hydrogen (secondary N) is 1. The highest BCUT2D eigenvalue weighted by molar-refractivity contribution is 7.99. The largest absolute Gasteiger partial charge is 0.324 e. The molecule has 3 aromatic rings. The summed E-state index contributed by atoms with van der Waals surface area (Å²) in [5, 5.41) is 12.5. The number of anilines is 1. The summed E-state index contributed by atoms with van der Waals surface area (Å²) >= 11 is 13.2. The van der Waals surface area contributed by atoms with E-state index in [-0.39, 0.29) is 11.7 Å². The minimum absolute atomic E-state index is 0.164. The van der Waals surface area contributed by atoms with Gasteiger partial charge in [-0.1, -0.05) is 41.0 Å². The molecule has 0 radical (unpaired) electrons. The van der Waals surface area contributed by atoms with Crippen molar-refractivity contribution in [3.63, 3.8) is 0 Å². The maximum atomic E-state index is 12.1. The average Bonchev–Trinajstić information content (AvgIpc) is 2.98. The predicted octanol–water partition coefficient (Wildman–Crippen LogP) is 3.91. The first-order valence-corrected chi connectivity index (χ1v) is 8.97. The van der Waals surface area contributed by atoms with Crippen LogP contribution in [0.5, 0.6) is 0 Å². The molecule has 25 heavy (non-hydrogen) atoms. The highest BCUT2D eigenvalue weighted by Crippen LogP contribution is 2.26. The van der Waals surface area contributed by atoms with Gasteiger partial charge in [-0.3, -0.25) is 9.78 Å². The smallest absolute Gasteiger partial charge is 0.234 e. The van der Waals surface area contributed by atoms with Gasteiger partial charge in [-0.2, -0.15) is 0 Å². The molecule has 0 bridgehead atoms. The summed E-state index contributed by atoms with van der Waals surface area (Å²) in [7, 11) is 1.83. The van der Waals surface area contributed by atoms with Crippen LogP contribution in [0.4, 0.5) is 5.69 Å². The first kappa shape index (κ1) is 17.7. The fraction of sp³-hybridized carbons (Fsp3) is 0.125. The zero-order chi connectivity index (χ0) is 17.8. The third-order valence-corrected chi connectivity index (χ3v) is 4.85. The number of rotatable bonds is 5. The zero-order valence-electron chi connectivity index (χ0n) is 13.1. The molecule has 0 aliphatic heterocycles. The highest BCUT2D eigenvalue weighted by Gasteiger charge is 2.14. The second-order valence-corrected chi connectivity index (χ2v) is 6.83. The normalized spacial score (nSPS) is 10.7. The van der Waals surface area contributed by atoms with Crippen molar-refractivity contribution in [1.82, 2.24) is 19.7 Å². The lowest BCUT2D eigenvalue weighted by molar-refractivity contribution is -0.113. The van der Waals surface area contributed by atoms with Gasteiger partial charge in [-0.15, -0.1) is 10.2 Å². The molecule has 0 saturated heterocycles. The maximum absolute atomic E-state index is 12.1. The van der Waals surface area contributed by atoms with E-state index in [0.29, 0.717) is 26.7 Å². The summed E-state index contributed by atoms with van der Waals surface area (Å²) in [5.41, 5.74) is 1.20.